The van der Waals surface area contributed by atoms with E-state index in [-0.39, 0.29) is 29.8 Å². The molecule has 210 valence electrons. The van der Waals surface area contributed by atoms with Crippen LogP contribution in [0.3, 0.4) is 0 Å². The van der Waals surface area contributed by atoms with Gasteiger partial charge in [-0.3, -0.25) is 13.3 Å². The van der Waals surface area contributed by atoms with E-state index in [0.717, 1.165) is 23.7 Å². The van der Waals surface area contributed by atoms with Crippen molar-refractivity contribution < 1.29 is 23.0 Å². The monoisotopic (exact) mass is 563 g/mol. The van der Waals surface area contributed by atoms with Gasteiger partial charge >= 0.3 is 0 Å². The molecule has 1 heterocycles. The lowest BCUT2D eigenvalue weighted by molar-refractivity contribution is -0.115. The highest BCUT2D eigenvalue weighted by molar-refractivity contribution is 7.81. The van der Waals surface area contributed by atoms with E-state index in [0.29, 0.717) is 33.9 Å². The summed E-state index contributed by atoms with van der Waals surface area (Å²) < 4.78 is 37.1. The predicted molar refractivity (Wildman–Crippen MR) is 156 cm³/mol. The Morgan fingerprint density at radius 2 is 1.65 bits per heavy atom. The van der Waals surface area contributed by atoms with Gasteiger partial charge in [0.25, 0.3) is 0 Å². The molecular formula is C28H31N6O5S-. The summed E-state index contributed by atoms with van der Waals surface area (Å²) in [6.07, 6.45) is 2.00. The minimum atomic E-state index is -2.79. The standard InChI is InChI=1S/C28H32N6O5S/c1-4-5-13-29-18-26(35)30-19-9-8-10-21(14-19)34(40(36)37)28-27(32-24-11-6-7-12-25(24)33-28)31-20-15-22(38-2)17-23(16-20)39-3/h6-12,14-17,29H,4-5,13,18H2,1-3H3,(H,30,35)(H,31,32)(H,36,37)/p-1. The Morgan fingerprint density at radius 1 is 0.950 bits per heavy atom. The summed E-state index contributed by atoms with van der Waals surface area (Å²) >= 11 is -2.79. The first-order valence-electron chi connectivity index (χ1n) is 12.7. The van der Waals surface area contributed by atoms with Gasteiger partial charge in [-0.2, -0.15) is 0 Å². The number of nitrogens with one attached hydrogen (secondary N) is 3. The van der Waals surface area contributed by atoms with Crippen molar-refractivity contribution in [3.05, 3.63) is 66.7 Å². The van der Waals surface area contributed by atoms with Gasteiger partial charge in [-0.25, -0.2) is 9.97 Å². The minimum absolute atomic E-state index is 0.0403. The molecule has 0 radical (unpaired) electrons. The fourth-order valence-electron chi connectivity index (χ4n) is 3.93. The van der Waals surface area contributed by atoms with Crippen molar-refractivity contribution in [3.63, 3.8) is 0 Å². The Hall–Kier alpha value is -4.26. The highest BCUT2D eigenvalue weighted by Crippen LogP contribution is 2.36. The number of carbonyl (C=O) groups excluding carboxylic acids is 1. The van der Waals surface area contributed by atoms with Crippen LogP contribution in [0.25, 0.3) is 11.0 Å². The van der Waals surface area contributed by atoms with Gasteiger partial charge < -0.3 is 30.0 Å². The van der Waals surface area contributed by atoms with E-state index >= 15 is 0 Å². The molecule has 0 spiro atoms. The number of aromatic nitrogens is 2. The summed E-state index contributed by atoms with van der Waals surface area (Å²) in [7, 11) is 3.07. The molecule has 4 aromatic rings. The maximum atomic E-state index is 12.7. The molecule has 3 aromatic carbocycles. The molecule has 0 saturated heterocycles. The van der Waals surface area contributed by atoms with Crippen LogP contribution >= 0.6 is 0 Å². The molecular weight excluding hydrogens is 532 g/mol. The third-order valence-electron chi connectivity index (χ3n) is 5.86. The maximum absolute atomic E-state index is 12.7. The van der Waals surface area contributed by atoms with Crippen molar-refractivity contribution in [2.45, 2.75) is 19.8 Å². The highest BCUT2D eigenvalue weighted by Gasteiger charge is 2.20. The van der Waals surface area contributed by atoms with Crippen molar-refractivity contribution in [2.24, 2.45) is 0 Å². The van der Waals surface area contributed by atoms with Crippen LogP contribution < -0.4 is 29.7 Å². The summed E-state index contributed by atoms with van der Waals surface area (Å²) in [5.74, 6) is 1.07. The summed E-state index contributed by atoms with van der Waals surface area (Å²) in [6.45, 7) is 2.96. The van der Waals surface area contributed by atoms with Crippen LogP contribution in [-0.4, -0.2) is 51.9 Å². The van der Waals surface area contributed by atoms with Gasteiger partial charge in [0.05, 0.1) is 48.8 Å². The molecule has 11 nitrogen and oxygen atoms in total. The van der Waals surface area contributed by atoms with E-state index < -0.39 is 11.3 Å². The molecule has 3 N–H and O–H groups in total. The van der Waals surface area contributed by atoms with Crippen LogP contribution in [0.15, 0.2) is 66.7 Å². The Kier molecular flexibility index (Phi) is 9.84. The zero-order valence-electron chi connectivity index (χ0n) is 22.5. The molecule has 1 atom stereocenters. The normalized spacial score (nSPS) is 11.6. The van der Waals surface area contributed by atoms with Crippen LogP contribution in [0.1, 0.15) is 19.8 Å². The summed E-state index contributed by atoms with van der Waals surface area (Å²) in [6, 6.07) is 18.8. The molecule has 1 amide bonds. The first kappa shape index (κ1) is 28.7. The quantitative estimate of drug-likeness (QED) is 0.157. The SMILES string of the molecule is CCCCNCC(=O)Nc1cccc(N(c2nc3ccccc3nc2Nc2cc(OC)cc(OC)c2)S(=O)[O-])c1. The Balaban J connectivity index is 1.72. The number of hydrogen-bond donors (Lipinski definition) is 3. The molecule has 0 aliphatic rings. The molecule has 0 fully saturated rings. The Bertz CT molecular complexity index is 1480. The molecule has 12 heteroatoms. The fourth-order valence-corrected chi connectivity index (χ4v) is 4.48. The second kappa shape index (κ2) is 13.7. The molecule has 0 saturated carbocycles. The lowest BCUT2D eigenvalue weighted by atomic mass is 10.2. The summed E-state index contributed by atoms with van der Waals surface area (Å²) in [5.41, 5.74) is 2.33. The molecule has 0 bridgehead atoms. The van der Waals surface area contributed by atoms with Crippen molar-refractivity contribution in [1.82, 2.24) is 15.3 Å². The third kappa shape index (κ3) is 7.23. The minimum Gasteiger partial charge on any atom is -0.755 e. The Morgan fingerprint density at radius 3 is 2.30 bits per heavy atom. The smallest absolute Gasteiger partial charge is 0.238 e. The average Bonchev–Trinajstić information content (AvgIpc) is 2.95. The maximum Gasteiger partial charge on any atom is 0.238 e. The molecule has 0 aliphatic carbocycles. The number of methoxy groups -OCH3 is 2. The van der Waals surface area contributed by atoms with Crippen LogP contribution in [0.2, 0.25) is 0 Å². The van der Waals surface area contributed by atoms with Crippen molar-refractivity contribution in [1.29, 1.82) is 0 Å². The predicted octanol–water partition coefficient (Wildman–Crippen LogP) is 4.65. The van der Waals surface area contributed by atoms with Crippen molar-refractivity contribution in [3.8, 4) is 11.5 Å². The summed E-state index contributed by atoms with van der Waals surface area (Å²) in [4.78, 5) is 21.7. The van der Waals surface area contributed by atoms with Gasteiger partial charge in [-0.15, -0.1) is 0 Å². The number of anilines is 5. The third-order valence-corrected chi connectivity index (χ3v) is 6.55. The summed E-state index contributed by atoms with van der Waals surface area (Å²) in [5, 5.41) is 9.06. The van der Waals surface area contributed by atoms with E-state index in [1.165, 1.54) is 14.2 Å². The van der Waals surface area contributed by atoms with Gasteiger partial charge in [-0.1, -0.05) is 31.5 Å². The van der Waals surface area contributed by atoms with Gasteiger partial charge in [0.15, 0.2) is 11.6 Å². The number of ether oxygens (including phenoxy) is 2. The second-order valence-electron chi connectivity index (χ2n) is 8.75. The lowest BCUT2D eigenvalue weighted by Gasteiger charge is -2.27. The van der Waals surface area contributed by atoms with E-state index in [1.54, 1.807) is 60.7 Å². The van der Waals surface area contributed by atoms with Gasteiger partial charge in [-0.05, 0) is 43.3 Å². The molecule has 1 aromatic heterocycles. The first-order valence-corrected chi connectivity index (χ1v) is 13.7. The first-order chi connectivity index (χ1) is 19.4. The van der Waals surface area contributed by atoms with Crippen LogP contribution in [-0.2, 0) is 16.1 Å². The molecule has 1 unspecified atom stereocenters. The van der Waals surface area contributed by atoms with E-state index in [9.17, 15) is 13.6 Å². The molecule has 4 rings (SSSR count). The van der Waals surface area contributed by atoms with Crippen LogP contribution in [0.4, 0.5) is 28.7 Å². The van der Waals surface area contributed by atoms with E-state index in [4.69, 9.17) is 9.47 Å². The van der Waals surface area contributed by atoms with Crippen molar-refractivity contribution in [2.75, 3.05) is 42.2 Å². The number of amides is 1. The lowest BCUT2D eigenvalue weighted by Crippen LogP contribution is -2.28. The van der Waals surface area contributed by atoms with Crippen LogP contribution in [0, 0.1) is 0 Å². The van der Waals surface area contributed by atoms with Gasteiger partial charge in [0.1, 0.15) is 11.5 Å². The number of carbonyl (C=O) groups is 1. The number of unbranched alkanes of at least 4 members (excludes halogenated alkanes) is 1. The topological polar surface area (TPSA) is 141 Å². The zero-order chi connectivity index (χ0) is 28.5. The van der Waals surface area contributed by atoms with Crippen LogP contribution in [0.5, 0.6) is 11.5 Å². The number of nitrogens with zero attached hydrogens (tertiary/aromatic N) is 3. The van der Waals surface area contributed by atoms with Gasteiger partial charge in [0.2, 0.25) is 5.91 Å². The molecule has 0 aliphatic heterocycles. The van der Waals surface area contributed by atoms with Crippen molar-refractivity contribution >= 4 is 56.9 Å². The number of rotatable bonds is 13. The number of fused-ring (bicyclic) bond motifs is 1. The Labute approximate surface area is 235 Å². The largest absolute Gasteiger partial charge is 0.755 e. The fraction of sp³-hybridized carbons (Fsp3) is 0.250. The van der Waals surface area contributed by atoms with E-state index in [1.807, 2.05) is 6.07 Å². The number of para-hydroxylation sites is 2. The second-order valence-corrected chi connectivity index (χ2v) is 9.55. The van der Waals surface area contributed by atoms with Gasteiger partial charge in [0, 0.05) is 29.6 Å². The molecule has 40 heavy (non-hydrogen) atoms. The zero-order valence-corrected chi connectivity index (χ0v) is 23.3. The average molecular weight is 564 g/mol. The number of benzene rings is 3. The highest BCUT2D eigenvalue weighted by atomic mass is 32.2. The number of hydrogen-bond acceptors (Lipinski definition) is 9. The van der Waals surface area contributed by atoms with E-state index in [2.05, 4.69) is 32.8 Å².